The number of aliphatic imine (C=N–C) groups is 1. The summed E-state index contributed by atoms with van der Waals surface area (Å²) in [5, 5.41) is 7.01. The summed E-state index contributed by atoms with van der Waals surface area (Å²) in [7, 11) is 3.50. The fourth-order valence-corrected chi connectivity index (χ4v) is 4.41. The van der Waals surface area contributed by atoms with E-state index in [9.17, 15) is 0 Å². The molecule has 2 N–H and O–H groups in total. The number of benzene rings is 1. The summed E-state index contributed by atoms with van der Waals surface area (Å²) in [6.07, 6.45) is 9.46. The van der Waals surface area contributed by atoms with Crippen molar-refractivity contribution in [3.63, 3.8) is 0 Å². The average molecular weight is 403 g/mol. The molecule has 1 aromatic carbocycles. The number of guanidine groups is 1. The van der Waals surface area contributed by atoms with Crippen LogP contribution in [0.4, 0.5) is 0 Å². The summed E-state index contributed by atoms with van der Waals surface area (Å²) < 4.78 is 11.2. The van der Waals surface area contributed by atoms with Gasteiger partial charge in [0.25, 0.3) is 0 Å². The third kappa shape index (κ3) is 6.81. The molecule has 1 aliphatic heterocycles. The van der Waals surface area contributed by atoms with Gasteiger partial charge in [-0.1, -0.05) is 19.3 Å². The van der Waals surface area contributed by atoms with Crippen molar-refractivity contribution in [3.8, 4) is 11.5 Å². The molecule has 0 radical (unpaired) electrons. The number of ether oxygens (including phenoxy) is 2. The highest BCUT2D eigenvalue weighted by Gasteiger charge is 2.26. The maximum absolute atomic E-state index is 5.97. The molecule has 1 heterocycles. The van der Waals surface area contributed by atoms with Crippen LogP contribution in [0.2, 0.25) is 0 Å². The molecule has 2 fully saturated rings. The van der Waals surface area contributed by atoms with Crippen LogP contribution in [-0.4, -0.2) is 62.8 Å². The number of nitrogens with one attached hydrogen (secondary N) is 2. The first-order valence-corrected chi connectivity index (χ1v) is 11.2. The topological polar surface area (TPSA) is 58.1 Å². The van der Waals surface area contributed by atoms with Crippen LogP contribution in [0.3, 0.4) is 0 Å². The highest BCUT2D eigenvalue weighted by molar-refractivity contribution is 5.80. The molecule has 1 saturated heterocycles. The molecule has 29 heavy (non-hydrogen) atoms. The minimum absolute atomic E-state index is 0.0371. The lowest BCUT2D eigenvalue weighted by molar-refractivity contribution is 0.119. The molecule has 3 rings (SSSR count). The Morgan fingerprint density at radius 3 is 2.34 bits per heavy atom. The summed E-state index contributed by atoms with van der Waals surface area (Å²) >= 11 is 0. The second kappa shape index (κ2) is 11.3. The van der Waals surface area contributed by atoms with E-state index < -0.39 is 0 Å². The van der Waals surface area contributed by atoms with Crippen LogP contribution in [0.1, 0.15) is 51.9 Å². The van der Waals surface area contributed by atoms with E-state index in [1.165, 1.54) is 58.0 Å². The molecule has 1 unspecified atom stereocenters. The lowest BCUT2D eigenvalue weighted by Crippen LogP contribution is -2.51. The van der Waals surface area contributed by atoms with E-state index >= 15 is 0 Å². The third-order valence-electron chi connectivity index (χ3n) is 6.14. The van der Waals surface area contributed by atoms with Gasteiger partial charge in [-0.2, -0.15) is 0 Å². The summed E-state index contributed by atoms with van der Waals surface area (Å²) in [5.41, 5.74) is 0. The van der Waals surface area contributed by atoms with Crippen LogP contribution in [0.15, 0.2) is 29.3 Å². The summed E-state index contributed by atoms with van der Waals surface area (Å²) in [5.74, 6) is 2.55. The van der Waals surface area contributed by atoms with Crippen LogP contribution in [0, 0.1) is 0 Å². The van der Waals surface area contributed by atoms with E-state index in [-0.39, 0.29) is 6.10 Å². The second-order valence-corrected chi connectivity index (χ2v) is 8.30. The predicted octanol–water partition coefficient (Wildman–Crippen LogP) is 3.42. The number of methoxy groups -OCH3 is 1. The Hall–Kier alpha value is -1.95. The molecule has 1 saturated carbocycles. The lowest BCUT2D eigenvalue weighted by atomic mass is 9.92. The zero-order chi connectivity index (χ0) is 20.5. The van der Waals surface area contributed by atoms with E-state index in [1.807, 2.05) is 31.3 Å². The number of piperidine rings is 1. The Labute approximate surface area is 176 Å². The van der Waals surface area contributed by atoms with Crippen molar-refractivity contribution >= 4 is 5.96 Å². The molecule has 0 aromatic heterocycles. The number of hydrogen-bond acceptors (Lipinski definition) is 4. The van der Waals surface area contributed by atoms with Crippen LogP contribution in [-0.2, 0) is 0 Å². The number of nitrogens with zero attached hydrogens (tertiary/aromatic N) is 2. The second-order valence-electron chi connectivity index (χ2n) is 8.30. The van der Waals surface area contributed by atoms with E-state index in [0.717, 1.165) is 23.5 Å². The molecule has 6 nitrogen and oxygen atoms in total. The van der Waals surface area contributed by atoms with Crippen LogP contribution in [0.5, 0.6) is 11.5 Å². The quantitative estimate of drug-likeness (QED) is 0.541. The van der Waals surface area contributed by atoms with Crippen LogP contribution < -0.4 is 20.1 Å². The standard InChI is InChI=1S/C23H38N4O2/c1-18(29-22-11-9-21(28-3)10-12-22)17-25-23(24-2)26-19-13-15-27(16-14-19)20-7-5-4-6-8-20/h9-12,18-20H,4-8,13-17H2,1-3H3,(H2,24,25,26). The van der Waals surface area contributed by atoms with Crippen molar-refractivity contribution in [2.75, 3.05) is 33.8 Å². The monoisotopic (exact) mass is 402 g/mol. The Kier molecular flexibility index (Phi) is 8.47. The maximum Gasteiger partial charge on any atom is 0.191 e. The highest BCUT2D eigenvalue weighted by Crippen LogP contribution is 2.25. The minimum atomic E-state index is 0.0371. The van der Waals surface area contributed by atoms with Gasteiger partial charge >= 0.3 is 0 Å². The van der Waals surface area contributed by atoms with Gasteiger partial charge in [-0.3, -0.25) is 4.99 Å². The first-order chi connectivity index (χ1) is 14.2. The number of likely N-dealkylation sites (tertiary alicyclic amines) is 1. The molecule has 0 bridgehead atoms. The van der Waals surface area contributed by atoms with Crippen molar-refractivity contribution in [2.24, 2.45) is 4.99 Å². The van der Waals surface area contributed by atoms with E-state index in [2.05, 4.69) is 27.4 Å². The number of rotatable bonds is 7. The molecule has 0 spiro atoms. The van der Waals surface area contributed by atoms with Crippen molar-refractivity contribution in [2.45, 2.75) is 70.1 Å². The van der Waals surface area contributed by atoms with Gasteiger partial charge in [-0.15, -0.1) is 0 Å². The van der Waals surface area contributed by atoms with E-state index in [1.54, 1.807) is 7.11 Å². The Morgan fingerprint density at radius 1 is 1.07 bits per heavy atom. The van der Waals surface area contributed by atoms with Gasteiger partial charge in [0.2, 0.25) is 0 Å². The average Bonchev–Trinajstić information content (AvgIpc) is 2.78. The third-order valence-corrected chi connectivity index (χ3v) is 6.14. The van der Waals surface area contributed by atoms with Crippen molar-refractivity contribution in [1.29, 1.82) is 0 Å². The van der Waals surface area contributed by atoms with Gasteiger partial charge in [0.05, 0.1) is 13.7 Å². The van der Waals surface area contributed by atoms with Gasteiger partial charge in [0.15, 0.2) is 5.96 Å². The number of hydrogen-bond donors (Lipinski definition) is 2. The minimum Gasteiger partial charge on any atom is -0.497 e. The zero-order valence-corrected chi connectivity index (χ0v) is 18.3. The van der Waals surface area contributed by atoms with Gasteiger partial charge in [0.1, 0.15) is 17.6 Å². The molecule has 2 aliphatic rings. The largest absolute Gasteiger partial charge is 0.497 e. The Balaban J connectivity index is 1.36. The summed E-state index contributed by atoms with van der Waals surface area (Å²) in [6, 6.07) is 9.02. The van der Waals surface area contributed by atoms with E-state index in [0.29, 0.717) is 12.6 Å². The van der Waals surface area contributed by atoms with Crippen LogP contribution >= 0.6 is 0 Å². The summed E-state index contributed by atoms with van der Waals surface area (Å²) in [4.78, 5) is 7.12. The van der Waals surface area contributed by atoms with Gasteiger partial charge < -0.3 is 25.0 Å². The van der Waals surface area contributed by atoms with Crippen molar-refractivity contribution in [3.05, 3.63) is 24.3 Å². The molecule has 1 atom stereocenters. The van der Waals surface area contributed by atoms with Crippen molar-refractivity contribution in [1.82, 2.24) is 15.5 Å². The fourth-order valence-electron chi connectivity index (χ4n) is 4.41. The predicted molar refractivity (Wildman–Crippen MR) is 119 cm³/mol. The molecule has 1 aliphatic carbocycles. The van der Waals surface area contributed by atoms with Gasteiger partial charge in [0, 0.05) is 32.2 Å². The molecular weight excluding hydrogens is 364 g/mol. The first kappa shape index (κ1) is 21.8. The van der Waals surface area contributed by atoms with Crippen molar-refractivity contribution < 1.29 is 9.47 Å². The normalized spacial score (nSPS) is 20.9. The Morgan fingerprint density at radius 2 is 1.72 bits per heavy atom. The molecule has 162 valence electrons. The molecule has 1 aromatic rings. The SMILES string of the molecule is CN=C(NCC(C)Oc1ccc(OC)cc1)NC1CCN(C2CCCCC2)CC1. The zero-order valence-electron chi connectivity index (χ0n) is 18.3. The lowest BCUT2D eigenvalue weighted by Gasteiger charge is -2.39. The van der Waals surface area contributed by atoms with E-state index in [4.69, 9.17) is 9.47 Å². The smallest absolute Gasteiger partial charge is 0.191 e. The maximum atomic E-state index is 5.97. The van der Waals surface area contributed by atoms with Gasteiger partial charge in [-0.05, 0) is 56.9 Å². The fraction of sp³-hybridized carbons (Fsp3) is 0.696. The van der Waals surface area contributed by atoms with Crippen LogP contribution in [0.25, 0.3) is 0 Å². The molecule has 6 heteroatoms. The Bertz CT molecular complexity index is 620. The summed E-state index contributed by atoms with van der Waals surface area (Å²) in [6.45, 7) is 5.17. The molecule has 0 amide bonds. The first-order valence-electron chi connectivity index (χ1n) is 11.2. The highest BCUT2D eigenvalue weighted by atomic mass is 16.5. The van der Waals surface area contributed by atoms with Gasteiger partial charge in [-0.25, -0.2) is 0 Å². The molecular formula is C23H38N4O2.